The fraction of sp³-hybridized carbons (Fsp3) is 0.308. The molecule has 86 valence electrons. The first-order valence-electron chi connectivity index (χ1n) is 5.23. The molecule has 0 radical (unpaired) electrons. The van der Waals surface area contributed by atoms with E-state index >= 15 is 0 Å². The summed E-state index contributed by atoms with van der Waals surface area (Å²) in [6.45, 7) is 3.64. The first-order chi connectivity index (χ1) is 7.72. The van der Waals surface area contributed by atoms with Gasteiger partial charge in [0.2, 0.25) is 0 Å². The van der Waals surface area contributed by atoms with Gasteiger partial charge in [-0.05, 0) is 37.1 Å². The fourth-order valence-electron chi connectivity index (χ4n) is 1.21. The third-order valence-corrected chi connectivity index (χ3v) is 3.68. The van der Waals surface area contributed by atoms with Gasteiger partial charge in [-0.15, -0.1) is 18.3 Å². The Balaban J connectivity index is 2.26. The standard InChI is InChI=1S/C13H15BrOS/c1-2-3-4-5-12(15)10-16-13-8-6-11(14)7-9-13/h2,6-9H,1,3-5,10H2. The Morgan fingerprint density at radius 1 is 1.38 bits per heavy atom. The number of benzene rings is 1. The number of hydrogen-bond donors (Lipinski definition) is 0. The molecule has 0 heterocycles. The van der Waals surface area contributed by atoms with Gasteiger partial charge in [0, 0.05) is 15.8 Å². The highest BCUT2D eigenvalue weighted by Gasteiger charge is 2.02. The van der Waals surface area contributed by atoms with E-state index < -0.39 is 0 Å². The number of rotatable bonds is 7. The lowest BCUT2D eigenvalue weighted by Gasteiger charge is -2.01. The van der Waals surface area contributed by atoms with E-state index in [-0.39, 0.29) is 0 Å². The average Bonchev–Trinajstić information content (AvgIpc) is 2.29. The van der Waals surface area contributed by atoms with Gasteiger partial charge in [0.15, 0.2) is 0 Å². The van der Waals surface area contributed by atoms with Crippen LogP contribution in [0.1, 0.15) is 19.3 Å². The molecule has 1 nitrogen and oxygen atoms in total. The van der Waals surface area contributed by atoms with Crippen LogP contribution in [-0.2, 0) is 4.79 Å². The Kier molecular flexibility index (Phi) is 6.50. The highest BCUT2D eigenvalue weighted by molar-refractivity contribution is 9.10. The smallest absolute Gasteiger partial charge is 0.143 e. The van der Waals surface area contributed by atoms with Crippen molar-refractivity contribution in [3.63, 3.8) is 0 Å². The van der Waals surface area contributed by atoms with Gasteiger partial charge in [-0.2, -0.15) is 0 Å². The lowest BCUT2D eigenvalue weighted by Crippen LogP contribution is -2.00. The molecule has 0 atom stereocenters. The molecule has 16 heavy (non-hydrogen) atoms. The van der Waals surface area contributed by atoms with E-state index in [1.54, 1.807) is 11.8 Å². The average molecular weight is 299 g/mol. The highest BCUT2D eigenvalue weighted by atomic mass is 79.9. The van der Waals surface area contributed by atoms with Crippen molar-refractivity contribution >= 4 is 33.5 Å². The van der Waals surface area contributed by atoms with Gasteiger partial charge in [0.1, 0.15) is 5.78 Å². The van der Waals surface area contributed by atoms with Crippen LogP contribution < -0.4 is 0 Å². The number of Topliss-reactive ketones (excluding diaryl/α,β-unsaturated/α-hetero) is 1. The van der Waals surface area contributed by atoms with E-state index in [9.17, 15) is 4.79 Å². The molecule has 0 N–H and O–H groups in total. The Morgan fingerprint density at radius 3 is 2.69 bits per heavy atom. The molecule has 0 fully saturated rings. The number of carbonyl (C=O) groups excluding carboxylic acids is 1. The third kappa shape index (κ3) is 5.52. The number of ketones is 1. The summed E-state index contributed by atoms with van der Waals surface area (Å²) in [5, 5.41) is 0. The first kappa shape index (κ1) is 13.5. The second-order valence-corrected chi connectivity index (χ2v) is 5.43. The largest absolute Gasteiger partial charge is 0.299 e. The molecule has 0 unspecified atom stereocenters. The highest BCUT2D eigenvalue weighted by Crippen LogP contribution is 2.21. The number of carbonyl (C=O) groups is 1. The maximum absolute atomic E-state index is 11.5. The van der Waals surface area contributed by atoms with Crippen molar-refractivity contribution in [2.45, 2.75) is 24.2 Å². The van der Waals surface area contributed by atoms with Gasteiger partial charge >= 0.3 is 0 Å². The molecule has 0 spiro atoms. The number of unbranched alkanes of at least 4 members (excludes halogenated alkanes) is 1. The second kappa shape index (κ2) is 7.69. The molecule has 0 bridgehead atoms. The van der Waals surface area contributed by atoms with E-state index in [2.05, 4.69) is 22.5 Å². The molecule has 0 aliphatic carbocycles. The van der Waals surface area contributed by atoms with Crippen molar-refractivity contribution in [3.8, 4) is 0 Å². The third-order valence-electron chi connectivity index (χ3n) is 2.08. The molecule has 1 aromatic rings. The summed E-state index contributed by atoms with van der Waals surface area (Å²) in [5.74, 6) is 0.883. The molecular formula is C13H15BrOS. The number of halogens is 1. The van der Waals surface area contributed by atoms with Crippen LogP contribution in [0.4, 0.5) is 0 Å². The molecule has 1 aromatic carbocycles. The van der Waals surface area contributed by atoms with Crippen LogP contribution in [-0.4, -0.2) is 11.5 Å². The second-order valence-electron chi connectivity index (χ2n) is 3.46. The summed E-state index contributed by atoms with van der Waals surface area (Å²) in [5.41, 5.74) is 0. The van der Waals surface area contributed by atoms with Crippen LogP contribution in [0.25, 0.3) is 0 Å². The Labute approximate surface area is 109 Å². The lowest BCUT2D eigenvalue weighted by atomic mass is 10.2. The minimum atomic E-state index is 0.315. The van der Waals surface area contributed by atoms with E-state index in [1.807, 2.05) is 30.3 Å². The van der Waals surface area contributed by atoms with Crippen LogP contribution in [0.5, 0.6) is 0 Å². The quantitative estimate of drug-likeness (QED) is 0.420. The van der Waals surface area contributed by atoms with Crippen molar-refractivity contribution in [2.75, 3.05) is 5.75 Å². The fourth-order valence-corrected chi connectivity index (χ4v) is 2.28. The van der Waals surface area contributed by atoms with Crippen LogP contribution in [0, 0.1) is 0 Å². The maximum atomic E-state index is 11.5. The molecule has 1 rings (SSSR count). The van der Waals surface area contributed by atoms with Crippen LogP contribution in [0.2, 0.25) is 0 Å². The SMILES string of the molecule is C=CCCCC(=O)CSc1ccc(Br)cc1. The molecule has 0 amide bonds. The van der Waals surface area contributed by atoms with Crippen LogP contribution in [0.15, 0.2) is 46.3 Å². The topological polar surface area (TPSA) is 17.1 Å². The molecule has 0 saturated carbocycles. The van der Waals surface area contributed by atoms with Crippen molar-refractivity contribution in [3.05, 3.63) is 41.4 Å². The minimum Gasteiger partial charge on any atom is -0.299 e. The van der Waals surface area contributed by atoms with Crippen molar-refractivity contribution < 1.29 is 4.79 Å². The van der Waals surface area contributed by atoms with E-state index in [0.29, 0.717) is 18.0 Å². The molecule has 0 aliphatic heterocycles. The van der Waals surface area contributed by atoms with Crippen molar-refractivity contribution in [2.24, 2.45) is 0 Å². The van der Waals surface area contributed by atoms with Gasteiger partial charge in [0.05, 0.1) is 5.75 Å². The molecular weight excluding hydrogens is 284 g/mol. The van der Waals surface area contributed by atoms with E-state index in [0.717, 1.165) is 22.2 Å². The zero-order valence-corrected chi connectivity index (χ0v) is 11.5. The van der Waals surface area contributed by atoms with Gasteiger partial charge in [-0.3, -0.25) is 4.79 Å². The zero-order valence-electron chi connectivity index (χ0n) is 9.12. The van der Waals surface area contributed by atoms with Gasteiger partial charge < -0.3 is 0 Å². The molecule has 0 saturated heterocycles. The number of hydrogen-bond acceptors (Lipinski definition) is 2. The van der Waals surface area contributed by atoms with E-state index in [1.165, 1.54) is 0 Å². The Hall–Kier alpha value is -0.540. The normalized spacial score (nSPS) is 10.1. The Morgan fingerprint density at radius 2 is 2.06 bits per heavy atom. The van der Waals surface area contributed by atoms with Gasteiger partial charge in [0.25, 0.3) is 0 Å². The minimum absolute atomic E-state index is 0.315. The summed E-state index contributed by atoms with van der Waals surface area (Å²) in [7, 11) is 0. The number of thioether (sulfide) groups is 1. The summed E-state index contributed by atoms with van der Waals surface area (Å²) < 4.78 is 1.06. The van der Waals surface area contributed by atoms with Crippen molar-refractivity contribution in [1.29, 1.82) is 0 Å². The summed E-state index contributed by atoms with van der Waals surface area (Å²) in [4.78, 5) is 12.6. The van der Waals surface area contributed by atoms with Gasteiger partial charge in [-0.1, -0.05) is 22.0 Å². The summed E-state index contributed by atoms with van der Waals surface area (Å²) >= 11 is 4.98. The predicted molar refractivity (Wildman–Crippen MR) is 73.9 cm³/mol. The Bertz CT molecular complexity index is 345. The predicted octanol–water partition coefficient (Wildman–Crippen LogP) is 4.47. The molecule has 0 aromatic heterocycles. The molecule has 3 heteroatoms. The maximum Gasteiger partial charge on any atom is 0.143 e. The van der Waals surface area contributed by atoms with Gasteiger partial charge in [-0.25, -0.2) is 0 Å². The summed E-state index contributed by atoms with van der Waals surface area (Å²) in [6.07, 6.45) is 4.36. The molecule has 0 aliphatic rings. The summed E-state index contributed by atoms with van der Waals surface area (Å²) in [6, 6.07) is 8.02. The monoisotopic (exact) mass is 298 g/mol. The number of allylic oxidation sites excluding steroid dienone is 1. The van der Waals surface area contributed by atoms with E-state index in [4.69, 9.17) is 0 Å². The first-order valence-corrected chi connectivity index (χ1v) is 7.01. The zero-order chi connectivity index (χ0) is 11.8. The van der Waals surface area contributed by atoms with Crippen LogP contribution in [0.3, 0.4) is 0 Å². The van der Waals surface area contributed by atoms with Crippen molar-refractivity contribution in [1.82, 2.24) is 0 Å². The van der Waals surface area contributed by atoms with Crippen LogP contribution >= 0.6 is 27.7 Å². The lowest BCUT2D eigenvalue weighted by molar-refractivity contribution is -0.116.